The maximum atomic E-state index is 13.1. The molecule has 100 valence electrons. The molecule has 0 aliphatic heterocycles. The average Bonchev–Trinajstić information content (AvgIpc) is 2.35. The minimum atomic E-state index is -0.213. The molecule has 0 aromatic heterocycles. The maximum Gasteiger partial charge on any atom is 0.125 e. The van der Waals surface area contributed by atoms with E-state index < -0.39 is 0 Å². The molecule has 0 bridgehead atoms. The van der Waals surface area contributed by atoms with Gasteiger partial charge in [0.25, 0.3) is 0 Å². The molecule has 0 saturated carbocycles. The lowest BCUT2D eigenvalue weighted by molar-refractivity contribution is 0.580. The van der Waals surface area contributed by atoms with Gasteiger partial charge in [-0.2, -0.15) is 0 Å². The van der Waals surface area contributed by atoms with Crippen LogP contribution in [0.2, 0.25) is 0 Å². The lowest BCUT2D eigenvalue weighted by Gasteiger charge is -2.11. The van der Waals surface area contributed by atoms with Crippen LogP contribution < -0.4 is 0 Å². The fraction of sp³-hybridized carbons (Fsp3) is 0.562. The van der Waals surface area contributed by atoms with Crippen LogP contribution in [-0.4, -0.2) is 5.71 Å². The van der Waals surface area contributed by atoms with Crippen molar-refractivity contribution in [1.29, 1.82) is 0 Å². The Kier molecular flexibility index (Phi) is 6.63. The molecule has 1 aromatic carbocycles. The number of aliphatic imine (C=N–C) groups is 1. The van der Waals surface area contributed by atoms with Crippen molar-refractivity contribution >= 4 is 11.4 Å². The van der Waals surface area contributed by atoms with Gasteiger partial charge in [-0.05, 0) is 43.4 Å². The van der Waals surface area contributed by atoms with Crippen LogP contribution in [-0.2, 0) is 0 Å². The highest BCUT2D eigenvalue weighted by atomic mass is 19.1. The van der Waals surface area contributed by atoms with Crippen molar-refractivity contribution in [3.8, 4) is 0 Å². The highest BCUT2D eigenvalue weighted by Gasteiger charge is 2.06. The maximum absolute atomic E-state index is 13.1. The zero-order valence-electron chi connectivity index (χ0n) is 11.7. The summed E-state index contributed by atoms with van der Waals surface area (Å²) >= 11 is 0. The van der Waals surface area contributed by atoms with Gasteiger partial charge in [-0.15, -0.1) is 0 Å². The number of hydrogen-bond acceptors (Lipinski definition) is 1. The molecule has 0 fully saturated rings. The summed E-state index contributed by atoms with van der Waals surface area (Å²) in [7, 11) is 0. The van der Waals surface area contributed by atoms with Crippen molar-refractivity contribution in [3.63, 3.8) is 0 Å². The summed E-state index contributed by atoms with van der Waals surface area (Å²) in [6.07, 6.45) is 5.53. The molecule has 0 N–H and O–H groups in total. The lowest BCUT2D eigenvalue weighted by atomic mass is 9.98. The zero-order chi connectivity index (χ0) is 13.4. The molecular formula is C16H24FN. The molecule has 0 spiro atoms. The highest BCUT2D eigenvalue weighted by molar-refractivity contribution is 5.87. The van der Waals surface area contributed by atoms with Crippen LogP contribution in [0.5, 0.6) is 0 Å². The van der Waals surface area contributed by atoms with E-state index in [0.717, 1.165) is 31.4 Å². The molecule has 0 aliphatic carbocycles. The SMILES string of the molecule is CCCCC(CC(C)CC)=Nc1cccc(F)c1. The summed E-state index contributed by atoms with van der Waals surface area (Å²) in [5, 5.41) is 0. The van der Waals surface area contributed by atoms with Crippen LogP contribution in [0.25, 0.3) is 0 Å². The third-order valence-electron chi connectivity index (χ3n) is 3.20. The average molecular weight is 249 g/mol. The molecule has 0 aliphatic rings. The Hall–Kier alpha value is -1.18. The van der Waals surface area contributed by atoms with Gasteiger partial charge in [0, 0.05) is 5.71 Å². The van der Waals surface area contributed by atoms with E-state index >= 15 is 0 Å². The van der Waals surface area contributed by atoms with E-state index in [-0.39, 0.29) is 5.82 Å². The molecule has 1 rings (SSSR count). The van der Waals surface area contributed by atoms with E-state index in [0.29, 0.717) is 5.92 Å². The fourth-order valence-electron chi connectivity index (χ4n) is 1.86. The molecule has 0 amide bonds. The fourth-order valence-corrected chi connectivity index (χ4v) is 1.86. The summed E-state index contributed by atoms with van der Waals surface area (Å²) in [5.41, 5.74) is 1.95. The van der Waals surface area contributed by atoms with Gasteiger partial charge in [-0.25, -0.2) is 4.39 Å². The largest absolute Gasteiger partial charge is 0.258 e. The van der Waals surface area contributed by atoms with Crippen LogP contribution in [0.1, 0.15) is 52.9 Å². The molecule has 0 heterocycles. The summed E-state index contributed by atoms with van der Waals surface area (Å²) in [6, 6.07) is 6.54. The van der Waals surface area contributed by atoms with E-state index in [1.54, 1.807) is 6.07 Å². The standard InChI is InChI=1S/C16H24FN/c1-4-6-9-15(11-13(3)5-2)18-16-10-7-8-14(17)12-16/h7-8,10,12-13H,4-6,9,11H2,1-3H3. The third kappa shape index (κ3) is 5.44. The molecule has 0 radical (unpaired) electrons. The topological polar surface area (TPSA) is 12.4 Å². The first-order valence-corrected chi connectivity index (χ1v) is 6.97. The van der Waals surface area contributed by atoms with Gasteiger partial charge in [0.05, 0.1) is 5.69 Å². The molecular weight excluding hydrogens is 225 g/mol. The van der Waals surface area contributed by atoms with Gasteiger partial charge >= 0.3 is 0 Å². The molecule has 0 saturated heterocycles. The van der Waals surface area contributed by atoms with Gasteiger partial charge in [0.2, 0.25) is 0 Å². The van der Waals surface area contributed by atoms with E-state index in [1.807, 2.05) is 6.07 Å². The van der Waals surface area contributed by atoms with Crippen molar-refractivity contribution < 1.29 is 4.39 Å². The van der Waals surface area contributed by atoms with Crippen LogP contribution in [0.4, 0.5) is 10.1 Å². The van der Waals surface area contributed by atoms with Gasteiger partial charge in [-0.1, -0.05) is 39.7 Å². The number of hydrogen-bond donors (Lipinski definition) is 0. The van der Waals surface area contributed by atoms with Gasteiger partial charge in [0.15, 0.2) is 0 Å². The first-order valence-electron chi connectivity index (χ1n) is 6.97. The number of nitrogens with zero attached hydrogens (tertiary/aromatic N) is 1. The predicted octanol–water partition coefficient (Wildman–Crippen LogP) is 5.52. The molecule has 2 heteroatoms. The van der Waals surface area contributed by atoms with Crippen molar-refractivity contribution in [2.45, 2.75) is 52.9 Å². The first-order chi connectivity index (χ1) is 8.65. The smallest absolute Gasteiger partial charge is 0.125 e. The quantitative estimate of drug-likeness (QED) is 0.564. The number of unbranched alkanes of at least 4 members (excludes halogenated alkanes) is 1. The monoisotopic (exact) mass is 249 g/mol. The Morgan fingerprint density at radius 3 is 2.72 bits per heavy atom. The molecule has 1 unspecified atom stereocenters. The first kappa shape index (κ1) is 14.9. The van der Waals surface area contributed by atoms with Crippen molar-refractivity contribution in [2.75, 3.05) is 0 Å². The van der Waals surface area contributed by atoms with Crippen molar-refractivity contribution in [2.24, 2.45) is 10.9 Å². The third-order valence-corrected chi connectivity index (χ3v) is 3.20. The summed E-state index contributed by atoms with van der Waals surface area (Å²) in [5.74, 6) is 0.434. The normalized spacial score (nSPS) is 13.7. The minimum absolute atomic E-state index is 0.213. The molecule has 18 heavy (non-hydrogen) atoms. The molecule has 1 nitrogen and oxygen atoms in total. The number of rotatable bonds is 7. The Bertz CT molecular complexity index is 384. The van der Waals surface area contributed by atoms with Crippen LogP contribution in [0.15, 0.2) is 29.3 Å². The van der Waals surface area contributed by atoms with E-state index in [1.165, 1.54) is 24.3 Å². The predicted molar refractivity (Wildman–Crippen MR) is 77.1 cm³/mol. The Morgan fingerprint density at radius 2 is 2.11 bits per heavy atom. The highest BCUT2D eigenvalue weighted by Crippen LogP contribution is 2.18. The van der Waals surface area contributed by atoms with Crippen LogP contribution >= 0.6 is 0 Å². The van der Waals surface area contributed by atoms with Crippen LogP contribution in [0.3, 0.4) is 0 Å². The minimum Gasteiger partial charge on any atom is -0.258 e. The summed E-state index contributed by atoms with van der Waals surface area (Å²) < 4.78 is 13.1. The van der Waals surface area contributed by atoms with E-state index in [4.69, 9.17) is 0 Å². The summed E-state index contributed by atoms with van der Waals surface area (Å²) in [4.78, 5) is 4.62. The second-order valence-corrected chi connectivity index (χ2v) is 4.98. The Morgan fingerprint density at radius 1 is 1.33 bits per heavy atom. The van der Waals surface area contributed by atoms with E-state index in [2.05, 4.69) is 25.8 Å². The second kappa shape index (κ2) is 8.02. The Balaban J connectivity index is 2.80. The van der Waals surface area contributed by atoms with Crippen molar-refractivity contribution in [1.82, 2.24) is 0 Å². The number of benzene rings is 1. The molecule has 1 aromatic rings. The van der Waals surface area contributed by atoms with E-state index in [9.17, 15) is 4.39 Å². The zero-order valence-corrected chi connectivity index (χ0v) is 11.7. The molecule has 1 atom stereocenters. The number of halogens is 1. The van der Waals surface area contributed by atoms with Gasteiger partial charge < -0.3 is 0 Å². The van der Waals surface area contributed by atoms with Crippen LogP contribution in [0, 0.1) is 11.7 Å². The lowest BCUT2D eigenvalue weighted by Crippen LogP contribution is -2.05. The summed E-state index contributed by atoms with van der Waals surface area (Å²) in [6.45, 7) is 6.63. The Labute approximate surface area is 110 Å². The second-order valence-electron chi connectivity index (χ2n) is 4.98. The van der Waals surface area contributed by atoms with Crippen molar-refractivity contribution in [3.05, 3.63) is 30.1 Å². The van der Waals surface area contributed by atoms with Gasteiger partial charge in [0.1, 0.15) is 5.82 Å². The van der Waals surface area contributed by atoms with Gasteiger partial charge in [-0.3, -0.25) is 4.99 Å².